The molecule has 0 aliphatic rings. The molecule has 4 aromatic rings. The number of rotatable bonds is 4. The zero-order valence-electron chi connectivity index (χ0n) is 17.2. The van der Waals surface area contributed by atoms with E-state index in [-0.39, 0.29) is 11.2 Å². The van der Waals surface area contributed by atoms with E-state index in [4.69, 9.17) is 4.99 Å². The maximum absolute atomic E-state index is 13.7. The fourth-order valence-electron chi connectivity index (χ4n) is 3.30. The number of para-hydroxylation sites is 2. The summed E-state index contributed by atoms with van der Waals surface area (Å²) in [5, 5.41) is 8.76. The van der Waals surface area contributed by atoms with E-state index in [1.165, 1.54) is 12.1 Å². The molecule has 0 aliphatic heterocycles. The Morgan fingerprint density at radius 1 is 0.900 bits per heavy atom. The van der Waals surface area contributed by atoms with Gasteiger partial charge >= 0.3 is 0 Å². The van der Waals surface area contributed by atoms with Crippen LogP contribution in [-0.4, -0.2) is 21.2 Å². The third-order valence-electron chi connectivity index (χ3n) is 4.84. The average Bonchev–Trinajstić information content (AvgIpc) is 3.16. The number of benzene rings is 3. The highest BCUT2D eigenvalue weighted by Crippen LogP contribution is 2.34. The topological polar surface area (TPSA) is 43.1 Å². The minimum absolute atomic E-state index is 0.255. The number of hydrogen-bond donors (Lipinski definition) is 0. The highest BCUT2D eigenvalue weighted by molar-refractivity contribution is 5.95. The molecule has 1 aromatic heterocycles. The van der Waals surface area contributed by atoms with E-state index >= 15 is 0 Å². The largest absolute Gasteiger partial charge is 0.257 e. The first-order valence-corrected chi connectivity index (χ1v) is 9.84. The zero-order chi connectivity index (χ0) is 21.1. The molecule has 150 valence electrons. The molecule has 0 spiro atoms. The van der Waals surface area contributed by atoms with Crippen molar-refractivity contribution in [3.63, 3.8) is 0 Å². The van der Waals surface area contributed by atoms with Crippen LogP contribution in [0, 0.1) is 11.2 Å². The van der Waals surface area contributed by atoms with Crippen molar-refractivity contribution in [1.29, 1.82) is 0 Å². The van der Waals surface area contributed by atoms with Crippen molar-refractivity contribution < 1.29 is 4.39 Å². The predicted octanol–water partition coefficient (Wildman–Crippen LogP) is 6.28. The van der Waals surface area contributed by atoms with Crippen LogP contribution in [-0.2, 0) is 0 Å². The Balaban J connectivity index is 2.00. The van der Waals surface area contributed by atoms with E-state index in [0.29, 0.717) is 0 Å². The summed E-state index contributed by atoms with van der Waals surface area (Å²) < 4.78 is 15.5. The smallest absolute Gasteiger partial charge is 0.123 e. The fraction of sp³-hybridized carbons (Fsp3) is 0.160. The Morgan fingerprint density at radius 3 is 2.27 bits per heavy atom. The molecular weight excluding hydrogens is 375 g/mol. The van der Waals surface area contributed by atoms with Gasteiger partial charge in [-0.1, -0.05) is 56.3 Å². The second kappa shape index (κ2) is 8.03. The molecule has 4 rings (SSSR count). The summed E-state index contributed by atoms with van der Waals surface area (Å²) in [6.07, 6.45) is 1.88. The minimum Gasteiger partial charge on any atom is -0.257 e. The summed E-state index contributed by atoms with van der Waals surface area (Å²) in [4.78, 5) is 4.71. The molecule has 1 heterocycles. The summed E-state index contributed by atoms with van der Waals surface area (Å²) in [7, 11) is 0. The van der Waals surface area contributed by atoms with Crippen molar-refractivity contribution in [3.8, 4) is 0 Å². The van der Waals surface area contributed by atoms with Gasteiger partial charge in [0.2, 0.25) is 0 Å². The number of allylic oxidation sites excluding steroid dienone is 1. The van der Waals surface area contributed by atoms with Gasteiger partial charge in [0, 0.05) is 17.4 Å². The molecule has 0 fully saturated rings. The van der Waals surface area contributed by atoms with Crippen molar-refractivity contribution >= 4 is 28.6 Å². The van der Waals surface area contributed by atoms with Crippen molar-refractivity contribution in [3.05, 3.63) is 95.8 Å². The highest BCUT2D eigenvalue weighted by atomic mass is 19.1. The first-order chi connectivity index (χ1) is 14.4. The van der Waals surface area contributed by atoms with E-state index in [1.807, 2.05) is 65.5 Å². The van der Waals surface area contributed by atoms with Crippen molar-refractivity contribution in [2.75, 3.05) is 0 Å². The molecule has 0 amide bonds. The molecule has 0 saturated carbocycles. The van der Waals surface area contributed by atoms with Crippen LogP contribution in [0.2, 0.25) is 0 Å². The standard InChI is InChI=1S/C25H23FN4/c1-25(2,3)21(17-27-20-9-5-4-6-10-20)24(18-13-15-19(26)16-14-18)30-23-12-8-7-11-22(23)28-29-30/h4-17H,1-3H3/b24-21-,27-17?. The second-order valence-corrected chi connectivity index (χ2v) is 8.10. The Morgan fingerprint density at radius 2 is 1.57 bits per heavy atom. The molecule has 0 saturated heterocycles. The van der Waals surface area contributed by atoms with E-state index in [1.54, 1.807) is 12.1 Å². The molecule has 0 radical (unpaired) electrons. The Hall–Kier alpha value is -3.60. The monoisotopic (exact) mass is 398 g/mol. The molecule has 0 bridgehead atoms. The number of aromatic nitrogens is 3. The van der Waals surface area contributed by atoms with Gasteiger partial charge in [0.15, 0.2) is 0 Å². The molecule has 0 atom stereocenters. The molecular formula is C25H23FN4. The van der Waals surface area contributed by atoms with Crippen molar-refractivity contribution in [2.45, 2.75) is 20.8 Å². The van der Waals surface area contributed by atoms with Gasteiger partial charge in [-0.2, -0.15) is 0 Å². The second-order valence-electron chi connectivity index (χ2n) is 8.10. The fourth-order valence-corrected chi connectivity index (χ4v) is 3.30. The molecule has 0 unspecified atom stereocenters. The SMILES string of the molecule is CC(C)(C)/C(C=Nc1ccccc1)=C(/c1ccc(F)cc1)n1nnc2ccccc21. The molecule has 4 nitrogen and oxygen atoms in total. The normalized spacial score (nSPS) is 13.1. The van der Waals surface area contributed by atoms with Gasteiger partial charge in [-0.15, -0.1) is 5.10 Å². The molecule has 0 aliphatic carbocycles. The number of aliphatic imine (C=N–C) groups is 1. The van der Waals surface area contributed by atoms with Gasteiger partial charge in [0.05, 0.1) is 16.9 Å². The summed E-state index contributed by atoms with van der Waals surface area (Å²) >= 11 is 0. The van der Waals surface area contributed by atoms with Crippen LogP contribution in [0.5, 0.6) is 0 Å². The van der Waals surface area contributed by atoms with E-state index in [0.717, 1.165) is 33.6 Å². The van der Waals surface area contributed by atoms with Crippen molar-refractivity contribution in [2.24, 2.45) is 10.4 Å². The van der Waals surface area contributed by atoms with Crippen LogP contribution < -0.4 is 0 Å². The number of halogens is 1. The average molecular weight is 398 g/mol. The van der Waals surface area contributed by atoms with E-state index in [9.17, 15) is 4.39 Å². The van der Waals surface area contributed by atoms with Crippen LogP contribution in [0.25, 0.3) is 16.7 Å². The van der Waals surface area contributed by atoms with Crippen molar-refractivity contribution in [1.82, 2.24) is 15.0 Å². The quantitative estimate of drug-likeness (QED) is 0.380. The van der Waals surface area contributed by atoms with Gasteiger partial charge in [-0.25, -0.2) is 9.07 Å². The Labute approximate surface area is 175 Å². The van der Waals surface area contributed by atoms with E-state index < -0.39 is 0 Å². The first-order valence-electron chi connectivity index (χ1n) is 9.84. The Kier molecular flexibility index (Phi) is 5.27. The molecule has 0 N–H and O–H groups in total. The van der Waals surface area contributed by atoms with Crippen LogP contribution in [0.15, 0.2) is 89.4 Å². The van der Waals surface area contributed by atoms with Gasteiger partial charge in [0.1, 0.15) is 11.3 Å². The van der Waals surface area contributed by atoms with Crippen LogP contribution >= 0.6 is 0 Å². The van der Waals surface area contributed by atoms with Gasteiger partial charge in [-0.05, 0) is 53.9 Å². The highest BCUT2D eigenvalue weighted by Gasteiger charge is 2.24. The lowest BCUT2D eigenvalue weighted by Gasteiger charge is -2.24. The van der Waals surface area contributed by atoms with Crippen LogP contribution in [0.4, 0.5) is 10.1 Å². The number of fused-ring (bicyclic) bond motifs is 1. The summed E-state index contributed by atoms with van der Waals surface area (Å²) in [5.41, 5.74) is 4.92. The zero-order valence-corrected chi connectivity index (χ0v) is 17.2. The molecule has 30 heavy (non-hydrogen) atoms. The predicted molar refractivity (Wildman–Crippen MR) is 120 cm³/mol. The van der Waals surface area contributed by atoms with Crippen LogP contribution in [0.1, 0.15) is 26.3 Å². The summed E-state index contributed by atoms with van der Waals surface area (Å²) in [6.45, 7) is 6.38. The van der Waals surface area contributed by atoms with E-state index in [2.05, 4.69) is 31.1 Å². The van der Waals surface area contributed by atoms with Gasteiger partial charge in [0.25, 0.3) is 0 Å². The summed E-state index contributed by atoms with van der Waals surface area (Å²) in [5.74, 6) is -0.281. The third-order valence-corrected chi connectivity index (χ3v) is 4.84. The summed E-state index contributed by atoms with van der Waals surface area (Å²) in [6, 6.07) is 24.0. The lowest BCUT2D eigenvalue weighted by molar-refractivity contribution is 0.525. The molecule has 5 heteroatoms. The number of nitrogens with zero attached hydrogens (tertiary/aromatic N) is 4. The Bertz CT molecular complexity index is 1210. The lowest BCUT2D eigenvalue weighted by Crippen LogP contribution is -2.17. The minimum atomic E-state index is -0.281. The molecule has 3 aromatic carbocycles. The maximum Gasteiger partial charge on any atom is 0.123 e. The van der Waals surface area contributed by atoms with Gasteiger partial charge < -0.3 is 0 Å². The van der Waals surface area contributed by atoms with Gasteiger partial charge in [-0.3, -0.25) is 4.99 Å². The maximum atomic E-state index is 13.7. The van der Waals surface area contributed by atoms with Crippen LogP contribution in [0.3, 0.4) is 0 Å². The first kappa shape index (κ1) is 19.7. The number of hydrogen-bond acceptors (Lipinski definition) is 3. The lowest BCUT2D eigenvalue weighted by atomic mass is 9.84. The third kappa shape index (κ3) is 4.06.